The van der Waals surface area contributed by atoms with Crippen LogP contribution < -0.4 is 5.32 Å². The second-order valence-electron chi connectivity index (χ2n) is 6.99. The molecule has 0 spiro atoms. The summed E-state index contributed by atoms with van der Waals surface area (Å²) in [6.45, 7) is 3.31. The number of aromatic nitrogens is 3. The van der Waals surface area contributed by atoms with Crippen molar-refractivity contribution in [1.29, 1.82) is 0 Å². The normalized spacial score (nSPS) is 16.8. The molecule has 0 aliphatic carbocycles. The first-order chi connectivity index (χ1) is 15.2. The molecular formula is C17H28F3N5O6S. The van der Waals surface area contributed by atoms with Gasteiger partial charge in [-0.25, -0.2) is 13.1 Å². The maximum absolute atomic E-state index is 11.9. The van der Waals surface area contributed by atoms with Gasteiger partial charge in [-0.2, -0.15) is 13.2 Å². The molecule has 2 rings (SSSR count). The van der Waals surface area contributed by atoms with Gasteiger partial charge in [0.25, 0.3) is 0 Å². The molecule has 0 saturated carbocycles. The number of nitrogens with one attached hydrogen (secondary N) is 1. The van der Waals surface area contributed by atoms with Gasteiger partial charge in [-0.15, -0.1) is 5.10 Å². The highest BCUT2D eigenvalue weighted by molar-refractivity contribution is 7.91. The number of carbonyl (C=O) groups is 1. The Morgan fingerprint density at radius 2 is 1.62 bits per heavy atom. The smallest absolute Gasteiger partial charge is 0.377 e. The molecule has 0 bridgehead atoms. The van der Waals surface area contributed by atoms with Crippen molar-refractivity contribution in [2.45, 2.75) is 19.3 Å². The first-order valence-corrected chi connectivity index (χ1v) is 11.9. The minimum atomic E-state index is -4.89. The topological polar surface area (TPSA) is 125 Å². The summed E-state index contributed by atoms with van der Waals surface area (Å²) in [5, 5.41) is 9.81. The molecule has 0 unspecified atom stereocenters. The minimum absolute atomic E-state index is 0.0432. The SMILES string of the molecule is O=C(NCCOCCOCCOCCn1cc(CN2CCS(=O)(=O)CC2)nn1)C(F)(F)F. The zero-order valence-corrected chi connectivity index (χ0v) is 18.4. The maximum atomic E-state index is 11.9. The molecule has 0 aromatic carbocycles. The van der Waals surface area contributed by atoms with Crippen LogP contribution in [0.4, 0.5) is 13.2 Å². The number of amides is 1. The Labute approximate surface area is 184 Å². The van der Waals surface area contributed by atoms with E-state index >= 15 is 0 Å². The first kappa shape index (κ1) is 26.4. The van der Waals surface area contributed by atoms with Crippen molar-refractivity contribution < 1.29 is 40.6 Å². The predicted octanol–water partition coefficient (Wildman–Crippen LogP) is -0.763. The predicted molar refractivity (Wildman–Crippen MR) is 105 cm³/mol. The Balaban J connectivity index is 1.41. The van der Waals surface area contributed by atoms with Crippen molar-refractivity contribution >= 4 is 15.7 Å². The average molecular weight is 488 g/mol. The van der Waals surface area contributed by atoms with E-state index in [1.54, 1.807) is 16.2 Å². The third-order valence-electron chi connectivity index (χ3n) is 4.41. The van der Waals surface area contributed by atoms with Gasteiger partial charge in [0, 0.05) is 32.4 Å². The standard InChI is InChI=1S/C17H28F3N5O6S/c18-17(19,20)16(26)21-1-5-29-7-9-31-10-8-30-6-2-25-14-15(22-23-25)13-24-3-11-32(27,28)12-4-24/h14H,1-13H2,(H,21,26). The van der Waals surface area contributed by atoms with Gasteiger partial charge in [-0.1, -0.05) is 5.21 Å². The Bertz CT molecular complexity index is 791. The van der Waals surface area contributed by atoms with Crippen LogP contribution in [0.1, 0.15) is 5.69 Å². The largest absolute Gasteiger partial charge is 0.471 e. The van der Waals surface area contributed by atoms with E-state index in [-0.39, 0.29) is 37.9 Å². The molecule has 15 heteroatoms. The number of sulfone groups is 1. The molecule has 1 amide bonds. The summed E-state index contributed by atoms with van der Waals surface area (Å²) < 4.78 is 76.2. The van der Waals surface area contributed by atoms with Crippen LogP contribution in [-0.4, -0.2) is 111 Å². The van der Waals surface area contributed by atoms with E-state index in [9.17, 15) is 26.4 Å². The zero-order valence-electron chi connectivity index (χ0n) is 17.6. The molecule has 11 nitrogen and oxygen atoms in total. The maximum Gasteiger partial charge on any atom is 0.471 e. The molecule has 1 saturated heterocycles. The number of hydrogen-bond acceptors (Lipinski definition) is 9. The van der Waals surface area contributed by atoms with Crippen LogP contribution >= 0.6 is 0 Å². The third-order valence-corrected chi connectivity index (χ3v) is 6.02. The fourth-order valence-electron chi connectivity index (χ4n) is 2.69. The van der Waals surface area contributed by atoms with Crippen LogP contribution in [0.15, 0.2) is 6.20 Å². The molecule has 1 N–H and O–H groups in total. The van der Waals surface area contributed by atoms with Crippen molar-refractivity contribution in [3.63, 3.8) is 0 Å². The van der Waals surface area contributed by atoms with E-state index in [0.717, 1.165) is 5.69 Å². The van der Waals surface area contributed by atoms with Gasteiger partial charge in [0.1, 0.15) is 0 Å². The van der Waals surface area contributed by atoms with E-state index in [0.29, 0.717) is 46.0 Å². The van der Waals surface area contributed by atoms with E-state index in [4.69, 9.17) is 14.2 Å². The molecule has 0 atom stereocenters. The second kappa shape index (κ2) is 13.0. The van der Waals surface area contributed by atoms with E-state index < -0.39 is 21.9 Å². The van der Waals surface area contributed by atoms with Crippen LogP contribution in [0, 0.1) is 0 Å². The van der Waals surface area contributed by atoms with E-state index in [1.807, 2.05) is 4.90 Å². The summed E-state index contributed by atoms with van der Waals surface area (Å²) in [6.07, 6.45) is -3.09. The number of rotatable bonds is 14. The molecule has 1 aromatic rings. The molecule has 1 aliphatic heterocycles. The lowest BCUT2D eigenvalue weighted by molar-refractivity contribution is -0.173. The fourth-order valence-corrected chi connectivity index (χ4v) is 3.97. The molecule has 1 fully saturated rings. The lowest BCUT2D eigenvalue weighted by atomic mass is 10.4. The quantitative estimate of drug-likeness (QED) is 0.337. The van der Waals surface area contributed by atoms with Gasteiger partial charge in [-0.05, 0) is 0 Å². The van der Waals surface area contributed by atoms with Gasteiger partial charge in [0.15, 0.2) is 9.84 Å². The molecule has 2 heterocycles. The van der Waals surface area contributed by atoms with Gasteiger partial charge in [0.2, 0.25) is 0 Å². The van der Waals surface area contributed by atoms with Crippen LogP contribution in [0.3, 0.4) is 0 Å². The molecule has 1 aliphatic rings. The minimum Gasteiger partial charge on any atom is -0.377 e. The van der Waals surface area contributed by atoms with Crippen molar-refractivity contribution in [3.8, 4) is 0 Å². The summed E-state index contributed by atoms with van der Waals surface area (Å²) in [4.78, 5) is 12.6. The van der Waals surface area contributed by atoms with Crippen LogP contribution in [0.25, 0.3) is 0 Å². The highest BCUT2D eigenvalue weighted by atomic mass is 32.2. The lowest BCUT2D eigenvalue weighted by Gasteiger charge is -2.25. The molecule has 1 aromatic heterocycles. The summed E-state index contributed by atoms with van der Waals surface area (Å²) in [5.41, 5.74) is 0.769. The summed E-state index contributed by atoms with van der Waals surface area (Å²) in [5.74, 6) is -1.65. The molecule has 32 heavy (non-hydrogen) atoms. The van der Waals surface area contributed by atoms with Gasteiger partial charge >= 0.3 is 12.1 Å². The van der Waals surface area contributed by atoms with Crippen LogP contribution in [0.5, 0.6) is 0 Å². The fraction of sp³-hybridized carbons (Fsp3) is 0.824. The lowest BCUT2D eigenvalue weighted by Crippen LogP contribution is -2.39. The molecular weight excluding hydrogens is 459 g/mol. The number of hydrogen-bond donors (Lipinski definition) is 1. The summed E-state index contributed by atoms with van der Waals surface area (Å²) in [6, 6.07) is 0. The number of alkyl halides is 3. The number of ether oxygens (including phenoxy) is 3. The van der Waals surface area contributed by atoms with Crippen molar-refractivity contribution in [2.24, 2.45) is 0 Å². The van der Waals surface area contributed by atoms with Gasteiger partial charge in [0.05, 0.1) is 63.4 Å². The molecule has 0 radical (unpaired) electrons. The van der Waals surface area contributed by atoms with Gasteiger partial charge < -0.3 is 19.5 Å². The number of halogens is 3. The monoisotopic (exact) mass is 487 g/mol. The molecule has 184 valence electrons. The highest BCUT2D eigenvalue weighted by Crippen LogP contribution is 2.13. The Hall–Kier alpha value is -1.81. The Morgan fingerprint density at radius 1 is 1.03 bits per heavy atom. The van der Waals surface area contributed by atoms with Crippen molar-refractivity contribution in [2.75, 3.05) is 70.8 Å². The first-order valence-electron chi connectivity index (χ1n) is 10.1. The van der Waals surface area contributed by atoms with Crippen LogP contribution in [0.2, 0.25) is 0 Å². The highest BCUT2D eigenvalue weighted by Gasteiger charge is 2.38. The van der Waals surface area contributed by atoms with Crippen LogP contribution in [-0.2, 0) is 41.9 Å². The third kappa shape index (κ3) is 10.7. The summed E-state index contributed by atoms with van der Waals surface area (Å²) in [7, 11) is -2.90. The second-order valence-corrected chi connectivity index (χ2v) is 9.30. The van der Waals surface area contributed by atoms with Crippen molar-refractivity contribution in [3.05, 3.63) is 11.9 Å². The van der Waals surface area contributed by atoms with Gasteiger partial charge in [-0.3, -0.25) is 9.69 Å². The van der Waals surface area contributed by atoms with E-state index in [2.05, 4.69) is 10.3 Å². The van der Waals surface area contributed by atoms with Crippen molar-refractivity contribution in [1.82, 2.24) is 25.2 Å². The Morgan fingerprint density at radius 3 is 2.25 bits per heavy atom. The number of nitrogens with zero attached hydrogens (tertiary/aromatic N) is 4. The zero-order chi connectivity index (χ0) is 23.5. The summed E-state index contributed by atoms with van der Waals surface area (Å²) >= 11 is 0. The number of carbonyl (C=O) groups excluding carboxylic acids is 1. The average Bonchev–Trinajstić information content (AvgIpc) is 3.16. The van der Waals surface area contributed by atoms with E-state index in [1.165, 1.54) is 0 Å². The Kier molecular flexibility index (Phi) is 10.8.